The Hall–Kier alpha value is -1.82. The van der Waals surface area contributed by atoms with Gasteiger partial charge in [-0.2, -0.15) is 0 Å². The standard InChI is InChI=1S/C22H25NO2.Li/c1-25-19-15-9-8-14-18(19)23-21(17-12-6-3-7-13-17)20(22(23)24)16-10-4-2-5-11-16;/h3,6-9,12-16,21,24H,2,4-5,10-11H2,1H3;/q;+1/p-1. The van der Waals surface area contributed by atoms with Crippen LogP contribution in [0.3, 0.4) is 0 Å². The minimum Gasteiger partial charge on any atom is -0.860 e. The van der Waals surface area contributed by atoms with Gasteiger partial charge in [0.25, 0.3) is 0 Å². The van der Waals surface area contributed by atoms with Crippen LogP contribution in [-0.4, -0.2) is 7.11 Å². The molecule has 1 fully saturated rings. The van der Waals surface area contributed by atoms with E-state index in [-0.39, 0.29) is 30.8 Å². The van der Waals surface area contributed by atoms with E-state index in [0.717, 1.165) is 29.9 Å². The van der Waals surface area contributed by atoms with E-state index in [1.54, 1.807) is 7.11 Å². The molecule has 1 aliphatic carbocycles. The maximum atomic E-state index is 13.1. The molecule has 0 N–H and O–H groups in total. The Kier molecular flexibility index (Phi) is 6.01. The molecule has 1 unspecified atom stereocenters. The van der Waals surface area contributed by atoms with Crippen LogP contribution in [0.5, 0.6) is 5.75 Å². The molecule has 4 heteroatoms. The Morgan fingerprint density at radius 1 is 0.923 bits per heavy atom. The zero-order valence-corrected chi connectivity index (χ0v) is 15.7. The number of anilines is 1. The van der Waals surface area contributed by atoms with Gasteiger partial charge in [-0.25, -0.2) is 0 Å². The van der Waals surface area contributed by atoms with E-state index in [9.17, 15) is 5.11 Å². The van der Waals surface area contributed by atoms with E-state index >= 15 is 0 Å². The molecule has 1 aliphatic heterocycles. The summed E-state index contributed by atoms with van der Waals surface area (Å²) in [5.41, 5.74) is 3.15. The number of benzene rings is 2. The summed E-state index contributed by atoms with van der Waals surface area (Å²) >= 11 is 0. The third-order valence-corrected chi connectivity index (χ3v) is 5.52. The fourth-order valence-electron chi connectivity index (χ4n) is 4.30. The van der Waals surface area contributed by atoms with Gasteiger partial charge in [0.1, 0.15) is 5.75 Å². The fourth-order valence-corrected chi connectivity index (χ4v) is 4.30. The molecule has 26 heavy (non-hydrogen) atoms. The Bertz CT molecular complexity index is 769. The van der Waals surface area contributed by atoms with Crippen LogP contribution in [0.2, 0.25) is 0 Å². The van der Waals surface area contributed by atoms with E-state index in [0.29, 0.717) is 5.92 Å². The number of para-hydroxylation sites is 2. The van der Waals surface area contributed by atoms with Crippen LogP contribution < -0.4 is 33.6 Å². The largest absolute Gasteiger partial charge is 1.00 e. The summed E-state index contributed by atoms with van der Waals surface area (Å²) < 4.78 is 5.51. The van der Waals surface area contributed by atoms with Gasteiger partial charge < -0.3 is 14.7 Å². The molecule has 0 amide bonds. The number of methoxy groups -OCH3 is 1. The molecular weight excluding hydrogens is 317 g/mol. The summed E-state index contributed by atoms with van der Waals surface area (Å²) in [5, 5.41) is 13.1. The van der Waals surface area contributed by atoms with E-state index < -0.39 is 0 Å². The molecule has 130 valence electrons. The molecule has 4 rings (SSSR count). The second kappa shape index (κ2) is 8.25. The second-order valence-electron chi connectivity index (χ2n) is 6.95. The molecule has 1 atom stereocenters. The molecule has 0 aromatic heterocycles. The third kappa shape index (κ3) is 3.27. The van der Waals surface area contributed by atoms with Crippen molar-refractivity contribution in [1.29, 1.82) is 0 Å². The predicted octanol–water partition coefficient (Wildman–Crippen LogP) is 1.41. The predicted molar refractivity (Wildman–Crippen MR) is 98.3 cm³/mol. The van der Waals surface area contributed by atoms with E-state index in [4.69, 9.17) is 4.74 Å². The first-order valence-corrected chi connectivity index (χ1v) is 9.19. The summed E-state index contributed by atoms with van der Waals surface area (Å²) in [5.74, 6) is 1.35. The normalized spacial score (nSPS) is 20.3. The minimum absolute atomic E-state index is 0. The number of hydrogen-bond acceptors (Lipinski definition) is 3. The van der Waals surface area contributed by atoms with Gasteiger partial charge in [0.15, 0.2) is 0 Å². The Labute approximate surface area is 167 Å². The van der Waals surface area contributed by atoms with Crippen molar-refractivity contribution in [2.45, 2.75) is 38.1 Å². The van der Waals surface area contributed by atoms with Crippen LogP contribution in [0.15, 0.2) is 66.1 Å². The van der Waals surface area contributed by atoms with Crippen molar-refractivity contribution in [3.63, 3.8) is 0 Å². The first-order valence-electron chi connectivity index (χ1n) is 9.19. The maximum absolute atomic E-state index is 13.1. The number of hydrogen-bond donors (Lipinski definition) is 0. The molecule has 2 aliphatic rings. The van der Waals surface area contributed by atoms with Gasteiger partial charge in [0.2, 0.25) is 0 Å². The van der Waals surface area contributed by atoms with Crippen LogP contribution in [0.25, 0.3) is 0 Å². The molecule has 0 spiro atoms. The van der Waals surface area contributed by atoms with Gasteiger partial charge in [0.05, 0.1) is 18.8 Å². The second-order valence-corrected chi connectivity index (χ2v) is 6.95. The maximum Gasteiger partial charge on any atom is 1.00 e. The zero-order chi connectivity index (χ0) is 17.2. The topological polar surface area (TPSA) is 35.5 Å². The molecule has 0 radical (unpaired) electrons. The molecule has 1 heterocycles. The fraction of sp³-hybridized carbons (Fsp3) is 0.364. The van der Waals surface area contributed by atoms with Crippen molar-refractivity contribution in [1.82, 2.24) is 0 Å². The van der Waals surface area contributed by atoms with Crippen LogP contribution in [0.4, 0.5) is 5.69 Å². The zero-order valence-electron chi connectivity index (χ0n) is 15.7. The SMILES string of the molecule is COc1ccccc1N1C([O-])=C(C2CCCCC2)C1c1ccccc1.[Li+]. The first kappa shape index (κ1) is 19.0. The molecule has 2 aromatic rings. The van der Waals surface area contributed by atoms with Crippen molar-refractivity contribution in [3.8, 4) is 5.75 Å². The van der Waals surface area contributed by atoms with E-state index in [1.165, 1.54) is 24.8 Å². The van der Waals surface area contributed by atoms with E-state index in [2.05, 4.69) is 24.3 Å². The average molecular weight is 341 g/mol. The monoisotopic (exact) mass is 341 g/mol. The summed E-state index contributed by atoms with van der Waals surface area (Å²) in [6, 6.07) is 18.2. The van der Waals surface area contributed by atoms with Gasteiger partial charge in [-0.05, 0) is 47.9 Å². The van der Waals surface area contributed by atoms with Crippen molar-refractivity contribution in [3.05, 3.63) is 71.6 Å². The molecule has 2 aromatic carbocycles. The van der Waals surface area contributed by atoms with Crippen molar-refractivity contribution >= 4 is 5.69 Å². The Morgan fingerprint density at radius 2 is 1.58 bits per heavy atom. The van der Waals surface area contributed by atoms with Gasteiger partial charge in [-0.3, -0.25) is 0 Å². The van der Waals surface area contributed by atoms with E-state index in [1.807, 2.05) is 35.2 Å². The molecule has 0 saturated heterocycles. The quantitative estimate of drug-likeness (QED) is 0.789. The smallest absolute Gasteiger partial charge is 0.860 e. The molecule has 3 nitrogen and oxygen atoms in total. The molecular formula is C22H24LiNO2. The Balaban J connectivity index is 0.00000196. The molecule has 1 saturated carbocycles. The van der Waals surface area contributed by atoms with Crippen LogP contribution in [-0.2, 0) is 0 Å². The van der Waals surface area contributed by atoms with Crippen LogP contribution >= 0.6 is 0 Å². The van der Waals surface area contributed by atoms with Gasteiger partial charge in [-0.15, -0.1) is 0 Å². The Morgan fingerprint density at radius 3 is 2.27 bits per heavy atom. The number of ether oxygens (including phenoxy) is 1. The summed E-state index contributed by atoms with van der Waals surface area (Å²) in [4.78, 5) is 1.91. The first-order chi connectivity index (χ1) is 12.3. The summed E-state index contributed by atoms with van der Waals surface area (Å²) in [7, 11) is 1.66. The summed E-state index contributed by atoms with van der Waals surface area (Å²) in [6.07, 6.45) is 6.05. The third-order valence-electron chi connectivity index (χ3n) is 5.52. The number of rotatable bonds is 4. The van der Waals surface area contributed by atoms with Gasteiger partial charge in [0, 0.05) is 0 Å². The summed E-state index contributed by atoms with van der Waals surface area (Å²) in [6.45, 7) is 0. The van der Waals surface area contributed by atoms with Crippen LogP contribution in [0, 0.1) is 5.92 Å². The van der Waals surface area contributed by atoms with Crippen molar-refractivity contribution in [2.24, 2.45) is 5.92 Å². The van der Waals surface area contributed by atoms with Gasteiger partial charge in [-0.1, -0.05) is 61.7 Å². The minimum atomic E-state index is 0. The van der Waals surface area contributed by atoms with Crippen LogP contribution in [0.1, 0.15) is 43.7 Å². The van der Waals surface area contributed by atoms with Gasteiger partial charge >= 0.3 is 18.9 Å². The average Bonchev–Trinajstić information content (AvgIpc) is 2.68. The molecule has 0 bridgehead atoms. The van der Waals surface area contributed by atoms with Crippen molar-refractivity contribution < 1.29 is 28.7 Å². The van der Waals surface area contributed by atoms with Crippen molar-refractivity contribution in [2.75, 3.05) is 12.0 Å². The number of nitrogens with zero attached hydrogens (tertiary/aromatic N) is 1.